The minimum Gasteiger partial charge on any atom is -0.492 e. The van der Waals surface area contributed by atoms with Gasteiger partial charge in [0.2, 0.25) is 5.91 Å². The Morgan fingerprint density at radius 2 is 1.73 bits per heavy atom. The summed E-state index contributed by atoms with van der Waals surface area (Å²) in [6, 6.07) is 11.7. The standard InChI is InChI=1S/C21H27BrN2O2/c1-14-12-15(2)20(16(3)13-14)23-21(25)17(4)24(5)10-11-26-19-8-6-18(22)7-9-19/h6-9,12-13,17H,10-11H2,1-5H3,(H,23,25)/t17-/m1/s1. The molecule has 0 aliphatic rings. The van der Waals surface area contributed by atoms with Crippen LogP contribution in [-0.4, -0.2) is 37.0 Å². The Bertz CT molecular complexity index is 736. The number of carbonyl (C=O) groups excluding carboxylic acids is 1. The van der Waals surface area contributed by atoms with Gasteiger partial charge in [0.05, 0.1) is 6.04 Å². The Morgan fingerprint density at radius 1 is 1.15 bits per heavy atom. The van der Waals surface area contributed by atoms with E-state index < -0.39 is 0 Å². The average molecular weight is 419 g/mol. The highest BCUT2D eigenvalue weighted by Crippen LogP contribution is 2.22. The van der Waals surface area contributed by atoms with Crippen molar-refractivity contribution < 1.29 is 9.53 Å². The van der Waals surface area contributed by atoms with Gasteiger partial charge in [-0.3, -0.25) is 9.69 Å². The van der Waals surface area contributed by atoms with Crippen molar-refractivity contribution in [2.24, 2.45) is 0 Å². The first-order chi connectivity index (χ1) is 12.3. The molecule has 0 aliphatic heterocycles. The van der Waals surface area contributed by atoms with Gasteiger partial charge in [-0.1, -0.05) is 33.6 Å². The van der Waals surface area contributed by atoms with Gasteiger partial charge in [0.1, 0.15) is 12.4 Å². The summed E-state index contributed by atoms with van der Waals surface area (Å²) in [5.41, 5.74) is 4.29. The van der Waals surface area contributed by atoms with Gasteiger partial charge in [0, 0.05) is 16.7 Å². The molecule has 0 radical (unpaired) electrons. The van der Waals surface area contributed by atoms with Crippen LogP contribution in [0, 0.1) is 20.8 Å². The van der Waals surface area contributed by atoms with Crippen molar-refractivity contribution in [3.8, 4) is 5.75 Å². The molecule has 0 unspecified atom stereocenters. The van der Waals surface area contributed by atoms with E-state index in [0.717, 1.165) is 27.0 Å². The molecular formula is C21H27BrN2O2. The van der Waals surface area contributed by atoms with Gasteiger partial charge in [-0.25, -0.2) is 0 Å². The molecule has 5 heteroatoms. The van der Waals surface area contributed by atoms with E-state index in [-0.39, 0.29) is 11.9 Å². The van der Waals surface area contributed by atoms with Crippen molar-refractivity contribution >= 4 is 27.5 Å². The Morgan fingerprint density at radius 3 is 2.31 bits per heavy atom. The Balaban J connectivity index is 1.88. The number of hydrogen-bond acceptors (Lipinski definition) is 3. The van der Waals surface area contributed by atoms with Gasteiger partial charge >= 0.3 is 0 Å². The minimum atomic E-state index is -0.247. The molecule has 2 aromatic rings. The van der Waals surface area contributed by atoms with Crippen molar-refractivity contribution in [3.05, 3.63) is 57.6 Å². The molecule has 2 rings (SSSR count). The zero-order chi connectivity index (χ0) is 19.3. The molecule has 140 valence electrons. The van der Waals surface area contributed by atoms with Crippen LogP contribution >= 0.6 is 15.9 Å². The first kappa shape index (κ1) is 20.5. The van der Waals surface area contributed by atoms with Crippen LogP contribution in [0.2, 0.25) is 0 Å². The molecular weight excluding hydrogens is 392 g/mol. The Hall–Kier alpha value is -1.85. The number of amides is 1. The maximum atomic E-state index is 12.6. The highest BCUT2D eigenvalue weighted by Gasteiger charge is 2.19. The number of carbonyl (C=O) groups is 1. The number of ether oxygens (including phenoxy) is 1. The molecule has 0 heterocycles. The lowest BCUT2D eigenvalue weighted by Gasteiger charge is -2.24. The number of anilines is 1. The summed E-state index contributed by atoms with van der Waals surface area (Å²) < 4.78 is 6.76. The van der Waals surface area contributed by atoms with Crippen molar-refractivity contribution in [2.45, 2.75) is 33.7 Å². The SMILES string of the molecule is Cc1cc(C)c(NC(=O)[C@@H](C)N(C)CCOc2ccc(Br)cc2)c(C)c1. The fourth-order valence-corrected chi connectivity index (χ4v) is 3.10. The summed E-state index contributed by atoms with van der Waals surface area (Å²) in [7, 11) is 1.93. The molecule has 1 atom stereocenters. The first-order valence-electron chi connectivity index (χ1n) is 8.75. The fraction of sp³-hybridized carbons (Fsp3) is 0.381. The zero-order valence-corrected chi connectivity index (χ0v) is 17.7. The molecule has 0 saturated heterocycles. The summed E-state index contributed by atoms with van der Waals surface area (Å²) in [6.45, 7) is 9.21. The number of nitrogens with one attached hydrogen (secondary N) is 1. The van der Waals surface area contributed by atoms with Crippen LogP contribution in [-0.2, 0) is 4.79 Å². The van der Waals surface area contributed by atoms with E-state index in [1.54, 1.807) is 0 Å². The molecule has 1 amide bonds. The van der Waals surface area contributed by atoms with Crippen LogP contribution < -0.4 is 10.1 Å². The predicted molar refractivity (Wildman–Crippen MR) is 111 cm³/mol. The quantitative estimate of drug-likeness (QED) is 0.707. The third kappa shape index (κ3) is 5.58. The number of nitrogens with zero attached hydrogens (tertiary/aromatic N) is 1. The lowest BCUT2D eigenvalue weighted by atomic mass is 10.0. The van der Waals surface area contributed by atoms with Gasteiger partial charge in [0.25, 0.3) is 0 Å². The highest BCUT2D eigenvalue weighted by molar-refractivity contribution is 9.10. The highest BCUT2D eigenvalue weighted by atomic mass is 79.9. The maximum Gasteiger partial charge on any atom is 0.241 e. The van der Waals surface area contributed by atoms with Crippen LogP contribution in [0.3, 0.4) is 0 Å². The van der Waals surface area contributed by atoms with Crippen molar-refractivity contribution in [1.29, 1.82) is 0 Å². The normalized spacial score (nSPS) is 12.1. The number of benzene rings is 2. The molecule has 0 saturated carbocycles. The molecule has 0 fully saturated rings. The lowest BCUT2D eigenvalue weighted by Crippen LogP contribution is -2.41. The largest absolute Gasteiger partial charge is 0.492 e. The zero-order valence-electron chi connectivity index (χ0n) is 16.1. The third-order valence-electron chi connectivity index (χ3n) is 4.49. The van der Waals surface area contributed by atoms with E-state index in [4.69, 9.17) is 4.74 Å². The lowest BCUT2D eigenvalue weighted by molar-refractivity contribution is -0.120. The molecule has 0 bridgehead atoms. The predicted octanol–water partition coefficient (Wildman–Crippen LogP) is 4.71. The van der Waals surface area contributed by atoms with E-state index in [1.807, 2.05) is 57.0 Å². The van der Waals surface area contributed by atoms with Crippen LogP contribution in [0.4, 0.5) is 5.69 Å². The smallest absolute Gasteiger partial charge is 0.241 e. The number of halogens is 1. The molecule has 0 aromatic heterocycles. The van der Waals surface area contributed by atoms with E-state index in [1.165, 1.54) is 5.56 Å². The average Bonchev–Trinajstić information content (AvgIpc) is 2.58. The minimum absolute atomic E-state index is 0.00815. The van der Waals surface area contributed by atoms with Crippen LogP contribution in [0.15, 0.2) is 40.9 Å². The molecule has 0 spiro atoms. The Kier molecular flexibility index (Phi) is 7.23. The van der Waals surface area contributed by atoms with Crippen molar-refractivity contribution in [1.82, 2.24) is 4.90 Å². The van der Waals surface area contributed by atoms with Crippen molar-refractivity contribution in [3.63, 3.8) is 0 Å². The maximum absolute atomic E-state index is 12.6. The summed E-state index contributed by atoms with van der Waals surface area (Å²) in [5, 5.41) is 3.07. The van der Waals surface area contributed by atoms with E-state index >= 15 is 0 Å². The van der Waals surface area contributed by atoms with Gasteiger partial charge < -0.3 is 10.1 Å². The van der Waals surface area contributed by atoms with Crippen LogP contribution in [0.25, 0.3) is 0 Å². The number of likely N-dealkylation sites (N-methyl/N-ethyl adjacent to an activating group) is 1. The number of aryl methyl sites for hydroxylation is 3. The second-order valence-electron chi connectivity index (χ2n) is 6.72. The van der Waals surface area contributed by atoms with Gasteiger partial charge in [0.15, 0.2) is 0 Å². The number of hydrogen-bond donors (Lipinski definition) is 1. The topological polar surface area (TPSA) is 41.6 Å². The fourth-order valence-electron chi connectivity index (χ4n) is 2.84. The van der Waals surface area contributed by atoms with E-state index in [2.05, 4.69) is 40.3 Å². The molecule has 1 N–H and O–H groups in total. The second-order valence-corrected chi connectivity index (χ2v) is 7.64. The monoisotopic (exact) mass is 418 g/mol. The number of rotatable bonds is 7. The van der Waals surface area contributed by atoms with E-state index in [0.29, 0.717) is 13.2 Å². The first-order valence-corrected chi connectivity index (χ1v) is 9.54. The summed E-state index contributed by atoms with van der Waals surface area (Å²) >= 11 is 3.40. The summed E-state index contributed by atoms with van der Waals surface area (Å²) in [5.74, 6) is 0.816. The van der Waals surface area contributed by atoms with Gasteiger partial charge in [-0.2, -0.15) is 0 Å². The summed E-state index contributed by atoms with van der Waals surface area (Å²) in [4.78, 5) is 14.6. The van der Waals surface area contributed by atoms with Gasteiger partial charge in [-0.05, 0) is 70.1 Å². The summed E-state index contributed by atoms with van der Waals surface area (Å²) in [6.07, 6.45) is 0. The second kappa shape index (κ2) is 9.19. The van der Waals surface area contributed by atoms with Gasteiger partial charge in [-0.15, -0.1) is 0 Å². The van der Waals surface area contributed by atoms with Crippen LogP contribution in [0.1, 0.15) is 23.6 Å². The molecule has 4 nitrogen and oxygen atoms in total. The molecule has 0 aliphatic carbocycles. The van der Waals surface area contributed by atoms with E-state index in [9.17, 15) is 4.79 Å². The Labute approximate surface area is 164 Å². The molecule has 26 heavy (non-hydrogen) atoms. The van der Waals surface area contributed by atoms with Crippen LogP contribution in [0.5, 0.6) is 5.75 Å². The van der Waals surface area contributed by atoms with Crippen molar-refractivity contribution in [2.75, 3.05) is 25.5 Å². The molecule has 2 aromatic carbocycles. The third-order valence-corrected chi connectivity index (χ3v) is 5.02.